The van der Waals surface area contributed by atoms with Crippen molar-refractivity contribution in [3.63, 3.8) is 0 Å². The number of benzene rings is 1. The van der Waals surface area contributed by atoms with Crippen LogP contribution < -0.4 is 4.90 Å². The second kappa shape index (κ2) is 6.45. The van der Waals surface area contributed by atoms with E-state index in [4.69, 9.17) is 0 Å². The van der Waals surface area contributed by atoms with E-state index in [0.717, 1.165) is 17.2 Å². The standard InChI is InChI=1S/C14H16N2O4S2/c1-3-15(10-11-5-4-8-21-11)13-7-6-12(22(2,19)20)9-14(13)16(17)18/h4-9H,3,10H2,1-2H3. The van der Waals surface area contributed by atoms with Crippen LogP contribution in [-0.2, 0) is 16.4 Å². The van der Waals surface area contributed by atoms with E-state index >= 15 is 0 Å². The van der Waals surface area contributed by atoms with Gasteiger partial charge in [0.25, 0.3) is 5.69 Å². The van der Waals surface area contributed by atoms with Crippen molar-refractivity contribution in [3.8, 4) is 0 Å². The van der Waals surface area contributed by atoms with Gasteiger partial charge in [-0.3, -0.25) is 10.1 Å². The molecule has 2 aromatic rings. The molecule has 118 valence electrons. The number of anilines is 1. The average Bonchev–Trinajstić information content (AvgIpc) is 2.96. The summed E-state index contributed by atoms with van der Waals surface area (Å²) >= 11 is 1.58. The second-order valence-corrected chi connectivity index (χ2v) is 7.82. The van der Waals surface area contributed by atoms with Crippen LogP contribution in [0.1, 0.15) is 11.8 Å². The van der Waals surface area contributed by atoms with Crippen LogP contribution in [0.5, 0.6) is 0 Å². The summed E-state index contributed by atoms with van der Waals surface area (Å²) in [5.74, 6) is 0. The quantitative estimate of drug-likeness (QED) is 0.596. The minimum atomic E-state index is -3.48. The Balaban J connectivity index is 2.46. The van der Waals surface area contributed by atoms with Gasteiger partial charge in [-0.25, -0.2) is 8.42 Å². The molecule has 8 heteroatoms. The van der Waals surface area contributed by atoms with Crippen LogP contribution in [0.4, 0.5) is 11.4 Å². The second-order valence-electron chi connectivity index (χ2n) is 4.77. The Morgan fingerprint density at radius 3 is 2.55 bits per heavy atom. The monoisotopic (exact) mass is 340 g/mol. The zero-order chi connectivity index (χ0) is 16.3. The predicted molar refractivity (Wildman–Crippen MR) is 87.2 cm³/mol. The van der Waals surface area contributed by atoms with Crippen molar-refractivity contribution in [2.24, 2.45) is 0 Å². The highest BCUT2D eigenvalue weighted by molar-refractivity contribution is 7.90. The molecular weight excluding hydrogens is 324 g/mol. The highest BCUT2D eigenvalue weighted by atomic mass is 32.2. The normalized spacial score (nSPS) is 11.4. The van der Waals surface area contributed by atoms with Gasteiger partial charge in [0, 0.05) is 23.7 Å². The number of nitrogens with zero attached hydrogens (tertiary/aromatic N) is 2. The Labute approximate surface area is 133 Å². The first-order valence-electron chi connectivity index (χ1n) is 6.58. The molecule has 1 aromatic carbocycles. The van der Waals surface area contributed by atoms with Crippen molar-refractivity contribution >= 4 is 32.5 Å². The van der Waals surface area contributed by atoms with Crippen molar-refractivity contribution in [1.29, 1.82) is 0 Å². The zero-order valence-electron chi connectivity index (χ0n) is 12.2. The molecular formula is C14H16N2O4S2. The van der Waals surface area contributed by atoms with Gasteiger partial charge in [-0.15, -0.1) is 11.3 Å². The van der Waals surface area contributed by atoms with E-state index < -0.39 is 14.8 Å². The summed E-state index contributed by atoms with van der Waals surface area (Å²) in [7, 11) is -3.48. The van der Waals surface area contributed by atoms with Crippen molar-refractivity contribution in [2.45, 2.75) is 18.4 Å². The summed E-state index contributed by atoms with van der Waals surface area (Å²) in [6, 6.07) is 7.93. The third-order valence-electron chi connectivity index (χ3n) is 3.22. The van der Waals surface area contributed by atoms with Crippen LogP contribution in [0.2, 0.25) is 0 Å². The summed E-state index contributed by atoms with van der Waals surface area (Å²) in [5, 5.41) is 13.3. The van der Waals surface area contributed by atoms with Gasteiger partial charge in [-0.05, 0) is 30.5 Å². The smallest absolute Gasteiger partial charge is 0.293 e. The molecule has 1 aromatic heterocycles. The molecule has 2 rings (SSSR count). The maximum absolute atomic E-state index is 11.6. The third kappa shape index (κ3) is 3.63. The number of hydrogen-bond donors (Lipinski definition) is 0. The van der Waals surface area contributed by atoms with Crippen LogP contribution in [0.15, 0.2) is 40.6 Å². The zero-order valence-corrected chi connectivity index (χ0v) is 13.9. The maximum Gasteiger partial charge on any atom is 0.293 e. The fraction of sp³-hybridized carbons (Fsp3) is 0.286. The fourth-order valence-corrected chi connectivity index (χ4v) is 3.47. The Morgan fingerprint density at radius 2 is 2.05 bits per heavy atom. The molecule has 0 fully saturated rings. The van der Waals surface area contributed by atoms with E-state index in [1.54, 1.807) is 11.3 Å². The van der Waals surface area contributed by atoms with Crippen LogP contribution >= 0.6 is 11.3 Å². The van der Waals surface area contributed by atoms with Crippen LogP contribution in [0.25, 0.3) is 0 Å². The third-order valence-corrected chi connectivity index (χ3v) is 5.19. The van der Waals surface area contributed by atoms with Crippen LogP contribution in [-0.4, -0.2) is 26.1 Å². The van der Waals surface area contributed by atoms with E-state index in [1.165, 1.54) is 12.1 Å². The largest absolute Gasteiger partial charge is 0.361 e. The molecule has 0 atom stereocenters. The molecule has 0 spiro atoms. The van der Waals surface area contributed by atoms with E-state index in [1.807, 2.05) is 29.3 Å². The predicted octanol–water partition coefficient (Wildman–Crippen LogP) is 3.09. The SMILES string of the molecule is CCN(Cc1cccs1)c1ccc(S(C)(=O)=O)cc1[N+](=O)[O-]. The molecule has 0 aliphatic carbocycles. The van der Waals surface area contributed by atoms with Crippen molar-refractivity contribution in [1.82, 2.24) is 0 Å². The van der Waals surface area contributed by atoms with E-state index in [2.05, 4.69) is 0 Å². The van der Waals surface area contributed by atoms with Gasteiger partial charge in [-0.1, -0.05) is 6.07 Å². The minimum absolute atomic E-state index is 0.0462. The first-order chi connectivity index (χ1) is 10.3. The number of thiophene rings is 1. The summed E-state index contributed by atoms with van der Waals surface area (Å²) in [6.45, 7) is 3.03. The Bertz CT molecular complexity index is 770. The molecule has 6 nitrogen and oxygen atoms in total. The number of sulfone groups is 1. The number of rotatable bonds is 6. The van der Waals surface area contributed by atoms with Gasteiger partial charge in [0.2, 0.25) is 0 Å². The topological polar surface area (TPSA) is 80.5 Å². The van der Waals surface area contributed by atoms with E-state index in [9.17, 15) is 18.5 Å². The molecule has 0 amide bonds. The van der Waals surface area contributed by atoms with Gasteiger partial charge in [0.1, 0.15) is 5.69 Å². The maximum atomic E-state index is 11.6. The molecule has 0 aliphatic heterocycles. The molecule has 0 saturated heterocycles. The van der Waals surface area contributed by atoms with Crippen molar-refractivity contribution < 1.29 is 13.3 Å². The van der Waals surface area contributed by atoms with Gasteiger partial charge in [0.15, 0.2) is 9.84 Å². The summed E-state index contributed by atoms with van der Waals surface area (Å²) < 4.78 is 23.2. The van der Waals surface area contributed by atoms with Gasteiger partial charge in [-0.2, -0.15) is 0 Å². The Morgan fingerprint density at radius 1 is 1.32 bits per heavy atom. The van der Waals surface area contributed by atoms with Gasteiger partial charge >= 0.3 is 0 Å². The molecule has 0 saturated carbocycles. The molecule has 0 unspecified atom stereocenters. The summed E-state index contributed by atoms with van der Waals surface area (Å²) in [6.07, 6.45) is 1.04. The lowest BCUT2D eigenvalue weighted by molar-refractivity contribution is -0.384. The number of nitro benzene ring substituents is 1. The number of nitro groups is 1. The average molecular weight is 340 g/mol. The summed E-state index contributed by atoms with van der Waals surface area (Å²) in [4.78, 5) is 13.7. The van der Waals surface area contributed by atoms with Gasteiger partial charge < -0.3 is 4.90 Å². The lowest BCUT2D eigenvalue weighted by atomic mass is 10.2. The first-order valence-corrected chi connectivity index (χ1v) is 9.36. The molecule has 0 radical (unpaired) electrons. The molecule has 0 bridgehead atoms. The van der Waals surface area contributed by atoms with Crippen molar-refractivity contribution in [3.05, 3.63) is 50.7 Å². The molecule has 0 aliphatic rings. The lowest BCUT2D eigenvalue weighted by Gasteiger charge is -2.22. The molecule has 22 heavy (non-hydrogen) atoms. The summed E-state index contributed by atoms with van der Waals surface area (Å²) in [5.41, 5.74) is 0.231. The Hall–Kier alpha value is -1.93. The Kier molecular flexibility index (Phi) is 4.82. The minimum Gasteiger partial charge on any atom is -0.361 e. The molecule has 1 heterocycles. The van der Waals surface area contributed by atoms with Crippen LogP contribution in [0, 0.1) is 10.1 Å². The van der Waals surface area contributed by atoms with Gasteiger partial charge in [0.05, 0.1) is 16.4 Å². The highest BCUT2D eigenvalue weighted by Crippen LogP contribution is 2.32. The van der Waals surface area contributed by atoms with E-state index in [0.29, 0.717) is 18.8 Å². The van der Waals surface area contributed by atoms with Crippen LogP contribution in [0.3, 0.4) is 0 Å². The fourth-order valence-electron chi connectivity index (χ4n) is 2.11. The molecule has 0 N–H and O–H groups in total. The first kappa shape index (κ1) is 16.4. The van der Waals surface area contributed by atoms with E-state index in [-0.39, 0.29) is 10.6 Å². The lowest BCUT2D eigenvalue weighted by Crippen LogP contribution is -2.22. The number of hydrogen-bond acceptors (Lipinski definition) is 6. The highest BCUT2D eigenvalue weighted by Gasteiger charge is 2.22. The van der Waals surface area contributed by atoms with Crippen molar-refractivity contribution in [2.75, 3.05) is 17.7 Å².